The van der Waals surface area contributed by atoms with Gasteiger partial charge in [0.05, 0.1) is 0 Å². The molecule has 0 saturated heterocycles. The molecule has 0 aromatic heterocycles. The Kier molecular flexibility index (Phi) is 10.6. The Morgan fingerprint density at radius 2 is 1.83 bits per heavy atom. The molecule has 0 N–H and O–H groups in total. The summed E-state index contributed by atoms with van der Waals surface area (Å²) in [5, 5.41) is 0. The van der Waals surface area contributed by atoms with Crippen LogP contribution in [0, 0.1) is 0 Å². The van der Waals surface area contributed by atoms with Gasteiger partial charge in [0.1, 0.15) is 7.28 Å². The van der Waals surface area contributed by atoms with Crippen LogP contribution in [0.5, 0.6) is 0 Å². The quantitative estimate of drug-likeness (QED) is 0.289. The van der Waals surface area contributed by atoms with E-state index in [4.69, 9.17) is 0 Å². The maximum atomic E-state index is 2.44. The van der Waals surface area contributed by atoms with Gasteiger partial charge in [-0.1, -0.05) is 57.4 Å². The van der Waals surface area contributed by atoms with Crippen LogP contribution in [-0.2, 0) is 0 Å². The van der Waals surface area contributed by atoms with Gasteiger partial charge in [0, 0.05) is 0 Å². The lowest BCUT2D eigenvalue weighted by Gasteiger charge is -1.96. The van der Waals surface area contributed by atoms with Crippen molar-refractivity contribution in [1.82, 2.24) is 0 Å². The number of unbranched alkanes of at least 4 members (excludes halogenated alkanes) is 3. The number of hydrogen-bond acceptors (Lipinski definition) is 0. The third kappa shape index (κ3) is 9.80. The van der Waals surface area contributed by atoms with Crippen molar-refractivity contribution in [3.63, 3.8) is 0 Å². The van der Waals surface area contributed by atoms with E-state index in [1.54, 1.807) is 0 Å². The maximum absolute atomic E-state index is 2.44. The normalized spacial score (nSPS) is 10.8. The molecular weight excluding hydrogens is 143 g/mol. The second-order valence-corrected chi connectivity index (χ2v) is 3.28. The van der Waals surface area contributed by atoms with Crippen LogP contribution in [0.1, 0.15) is 46.0 Å². The van der Waals surface area contributed by atoms with E-state index in [1.165, 1.54) is 44.7 Å². The Morgan fingerprint density at radius 1 is 1.08 bits per heavy atom. The van der Waals surface area contributed by atoms with Gasteiger partial charge >= 0.3 is 0 Å². The average molecular weight is 165 g/mol. The summed E-state index contributed by atoms with van der Waals surface area (Å²) in [6, 6.07) is 0. The third-order valence-electron chi connectivity index (χ3n) is 2.03. The number of rotatable bonds is 8. The van der Waals surface area contributed by atoms with Gasteiger partial charge in [0.2, 0.25) is 0 Å². The molecule has 0 nitrogen and oxygen atoms in total. The fourth-order valence-corrected chi connectivity index (χ4v) is 1.21. The molecule has 0 aliphatic heterocycles. The smallest absolute Gasteiger partial charge is 0.0917 e. The Labute approximate surface area is 78.7 Å². The summed E-state index contributed by atoms with van der Waals surface area (Å²) < 4.78 is 0. The Bertz CT molecular complexity index is 97.2. The van der Waals surface area contributed by atoms with Gasteiger partial charge in [-0.3, -0.25) is 0 Å². The molecule has 0 aliphatic rings. The summed E-state index contributed by atoms with van der Waals surface area (Å²) in [4.78, 5) is 0. The molecule has 0 rings (SSSR count). The van der Waals surface area contributed by atoms with E-state index in [0.717, 1.165) is 0 Å². The van der Waals surface area contributed by atoms with E-state index < -0.39 is 0 Å². The van der Waals surface area contributed by atoms with Gasteiger partial charge < -0.3 is 0 Å². The van der Waals surface area contributed by atoms with Crippen LogP contribution in [0.3, 0.4) is 0 Å². The van der Waals surface area contributed by atoms with Crippen molar-refractivity contribution in [2.24, 2.45) is 0 Å². The Morgan fingerprint density at radius 3 is 2.50 bits per heavy atom. The highest BCUT2D eigenvalue weighted by atomic mass is 13.8. The lowest BCUT2D eigenvalue weighted by molar-refractivity contribution is 0.803. The van der Waals surface area contributed by atoms with Gasteiger partial charge in [0.15, 0.2) is 0 Å². The molecule has 0 amide bonds. The monoisotopic (exact) mass is 165 g/mol. The summed E-state index contributed by atoms with van der Waals surface area (Å²) in [6.45, 7) is 4.34. The van der Waals surface area contributed by atoms with Gasteiger partial charge in [-0.15, -0.1) is 0 Å². The molecule has 0 fully saturated rings. The molecule has 0 atom stereocenters. The number of allylic oxidation sites excluding steroid dienone is 2. The lowest BCUT2D eigenvalue weighted by Crippen LogP contribution is -1.88. The molecule has 0 unspecified atom stereocenters. The second kappa shape index (κ2) is 10.8. The first-order chi connectivity index (χ1) is 5.91. The summed E-state index contributed by atoms with van der Waals surface area (Å²) >= 11 is 0. The maximum Gasteiger partial charge on any atom is 0.109 e. The Balaban J connectivity index is 2.81. The molecule has 0 spiro atoms. The van der Waals surface area contributed by atoms with E-state index >= 15 is 0 Å². The minimum Gasteiger partial charge on any atom is -0.0917 e. The number of hydrogen-bond donors (Lipinski definition) is 0. The SMILES string of the molecule is C/C=C\CCCC[B]CCCC. The van der Waals surface area contributed by atoms with Gasteiger partial charge in [0.25, 0.3) is 0 Å². The van der Waals surface area contributed by atoms with Crippen LogP contribution in [-0.4, -0.2) is 7.28 Å². The highest BCUT2D eigenvalue weighted by Crippen LogP contribution is 2.03. The molecule has 1 heteroatoms. The molecular formula is C11H22B. The van der Waals surface area contributed by atoms with E-state index in [0.29, 0.717) is 0 Å². The van der Waals surface area contributed by atoms with Crippen molar-refractivity contribution in [1.29, 1.82) is 0 Å². The zero-order valence-corrected chi connectivity index (χ0v) is 8.68. The highest BCUT2D eigenvalue weighted by molar-refractivity contribution is 6.35. The van der Waals surface area contributed by atoms with Gasteiger partial charge in [-0.2, -0.15) is 0 Å². The molecule has 0 aliphatic carbocycles. The van der Waals surface area contributed by atoms with Crippen LogP contribution >= 0.6 is 0 Å². The highest BCUT2D eigenvalue weighted by Gasteiger charge is 1.90. The predicted octanol–water partition coefficient (Wildman–Crippen LogP) is 4.07. The molecule has 0 aromatic rings. The van der Waals surface area contributed by atoms with Crippen molar-refractivity contribution < 1.29 is 0 Å². The fourth-order valence-electron chi connectivity index (χ4n) is 1.21. The molecule has 0 heterocycles. The predicted molar refractivity (Wildman–Crippen MR) is 58.9 cm³/mol. The van der Waals surface area contributed by atoms with Crippen LogP contribution < -0.4 is 0 Å². The third-order valence-corrected chi connectivity index (χ3v) is 2.03. The van der Waals surface area contributed by atoms with E-state index in [2.05, 4.69) is 33.3 Å². The van der Waals surface area contributed by atoms with Crippen LogP contribution in [0.15, 0.2) is 12.2 Å². The summed E-state index contributed by atoms with van der Waals surface area (Å²) in [6.07, 6.45) is 13.7. The Hall–Kier alpha value is -0.195. The minimum atomic E-state index is 1.26. The topological polar surface area (TPSA) is 0 Å². The van der Waals surface area contributed by atoms with E-state index in [9.17, 15) is 0 Å². The molecule has 69 valence electrons. The van der Waals surface area contributed by atoms with Gasteiger partial charge in [-0.25, -0.2) is 0 Å². The summed E-state index contributed by atoms with van der Waals surface area (Å²) in [5.41, 5.74) is 0. The van der Waals surface area contributed by atoms with Crippen molar-refractivity contribution in [3.05, 3.63) is 12.2 Å². The molecule has 0 aromatic carbocycles. The molecule has 1 radical (unpaired) electrons. The minimum absolute atomic E-state index is 1.26. The van der Waals surface area contributed by atoms with Crippen molar-refractivity contribution in [2.45, 2.75) is 58.6 Å². The standard InChI is InChI=1S/C11H22B/c1-3-5-7-8-9-11-12-10-6-4-2/h3,5H,4,6-11H2,1-2H3/b5-3-. The lowest BCUT2D eigenvalue weighted by atomic mass is 9.68. The molecule has 0 saturated carbocycles. The van der Waals surface area contributed by atoms with Crippen LogP contribution in [0.4, 0.5) is 0 Å². The van der Waals surface area contributed by atoms with E-state index in [-0.39, 0.29) is 0 Å². The first-order valence-corrected chi connectivity index (χ1v) is 5.34. The molecule has 12 heavy (non-hydrogen) atoms. The zero-order chi connectivity index (χ0) is 9.07. The van der Waals surface area contributed by atoms with Crippen molar-refractivity contribution >= 4 is 7.28 Å². The first-order valence-electron chi connectivity index (χ1n) is 5.34. The summed E-state index contributed by atoms with van der Waals surface area (Å²) in [5.74, 6) is 0. The van der Waals surface area contributed by atoms with E-state index in [1.807, 2.05) is 0 Å². The molecule has 0 bridgehead atoms. The van der Waals surface area contributed by atoms with Gasteiger partial charge in [-0.05, 0) is 13.3 Å². The largest absolute Gasteiger partial charge is 0.109 e. The summed E-state index contributed by atoms with van der Waals surface area (Å²) in [7, 11) is 2.44. The van der Waals surface area contributed by atoms with Crippen LogP contribution in [0.25, 0.3) is 0 Å². The fraction of sp³-hybridized carbons (Fsp3) is 0.818. The second-order valence-electron chi connectivity index (χ2n) is 3.28. The first kappa shape index (κ1) is 11.8. The zero-order valence-electron chi connectivity index (χ0n) is 8.68. The average Bonchev–Trinajstić information content (AvgIpc) is 2.10. The van der Waals surface area contributed by atoms with Crippen molar-refractivity contribution in [3.8, 4) is 0 Å². The van der Waals surface area contributed by atoms with Crippen molar-refractivity contribution in [2.75, 3.05) is 0 Å². The van der Waals surface area contributed by atoms with Crippen LogP contribution in [0.2, 0.25) is 12.6 Å².